The van der Waals surface area contributed by atoms with E-state index in [1.165, 1.54) is 6.92 Å². The average Bonchev–Trinajstić information content (AvgIpc) is 2.15. The molecular formula is C9H15F3O5S. The van der Waals surface area contributed by atoms with Crippen molar-refractivity contribution in [3.05, 3.63) is 0 Å². The summed E-state index contributed by atoms with van der Waals surface area (Å²) in [5, 5.41) is 0. The maximum atomic E-state index is 12.1. The summed E-state index contributed by atoms with van der Waals surface area (Å²) in [5.74, 6) is -0.798. The second-order valence-corrected chi connectivity index (χ2v) is 4.98. The minimum Gasteiger partial charge on any atom is -0.466 e. The van der Waals surface area contributed by atoms with Crippen molar-refractivity contribution in [2.75, 3.05) is 6.61 Å². The number of ether oxygens (including phenoxy) is 1. The van der Waals surface area contributed by atoms with E-state index in [1.807, 2.05) is 0 Å². The number of esters is 1. The summed E-state index contributed by atoms with van der Waals surface area (Å²) in [4.78, 5) is 11.1. The molecule has 0 aliphatic heterocycles. The first-order valence-electron chi connectivity index (χ1n) is 5.29. The summed E-state index contributed by atoms with van der Waals surface area (Å²) in [7, 11) is -5.69. The number of hydrogen-bond donors (Lipinski definition) is 0. The highest BCUT2D eigenvalue weighted by Crippen LogP contribution is 2.27. The molecule has 0 fully saturated rings. The van der Waals surface area contributed by atoms with Crippen molar-refractivity contribution in [2.45, 2.75) is 44.7 Å². The molecule has 1 atom stereocenters. The zero-order valence-electron chi connectivity index (χ0n) is 9.99. The first-order chi connectivity index (χ1) is 8.14. The van der Waals surface area contributed by atoms with Gasteiger partial charge in [-0.15, -0.1) is 0 Å². The summed E-state index contributed by atoms with van der Waals surface area (Å²) in [6, 6.07) is 0. The summed E-state index contributed by atoms with van der Waals surface area (Å²) in [6.45, 7) is 3.21. The summed E-state index contributed by atoms with van der Waals surface area (Å²) in [5.41, 5.74) is -5.49. The van der Waals surface area contributed by atoms with Crippen LogP contribution in [0.3, 0.4) is 0 Å². The Morgan fingerprint density at radius 3 is 2.22 bits per heavy atom. The molecule has 0 aromatic heterocycles. The van der Waals surface area contributed by atoms with E-state index in [9.17, 15) is 26.4 Å². The second kappa shape index (κ2) is 6.93. The summed E-state index contributed by atoms with van der Waals surface area (Å²) < 4.78 is 66.4. The molecular weight excluding hydrogens is 277 g/mol. The third-order valence-electron chi connectivity index (χ3n) is 1.86. The lowest BCUT2D eigenvalue weighted by Crippen LogP contribution is -2.31. The molecule has 0 radical (unpaired) electrons. The molecule has 0 saturated carbocycles. The molecule has 0 rings (SSSR count). The fourth-order valence-electron chi connectivity index (χ4n) is 1.15. The predicted molar refractivity (Wildman–Crippen MR) is 56.0 cm³/mol. The molecule has 1 unspecified atom stereocenters. The molecule has 0 bridgehead atoms. The molecule has 18 heavy (non-hydrogen) atoms. The quantitative estimate of drug-likeness (QED) is 0.407. The molecule has 0 aromatic carbocycles. The van der Waals surface area contributed by atoms with E-state index in [2.05, 4.69) is 8.92 Å². The highest BCUT2D eigenvalue weighted by atomic mass is 32.2. The van der Waals surface area contributed by atoms with Gasteiger partial charge in [-0.3, -0.25) is 8.98 Å². The van der Waals surface area contributed by atoms with Crippen LogP contribution in [0.1, 0.15) is 33.1 Å². The van der Waals surface area contributed by atoms with E-state index in [0.29, 0.717) is 6.42 Å². The van der Waals surface area contributed by atoms with Crippen LogP contribution in [-0.2, 0) is 23.8 Å². The van der Waals surface area contributed by atoms with Gasteiger partial charge in [0, 0.05) is 0 Å². The molecule has 0 amide bonds. The van der Waals surface area contributed by atoms with Crippen molar-refractivity contribution in [1.29, 1.82) is 0 Å². The van der Waals surface area contributed by atoms with Gasteiger partial charge in [-0.25, -0.2) is 0 Å². The van der Waals surface area contributed by atoms with Crippen LogP contribution < -0.4 is 0 Å². The normalized spacial score (nSPS) is 14.3. The molecule has 5 nitrogen and oxygen atoms in total. The lowest BCUT2D eigenvalue weighted by atomic mass is 10.1. The number of halogens is 3. The molecule has 0 aromatic rings. The van der Waals surface area contributed by atoms with Crippen molar-refractivity contribution >= 4 is 16.1 Å². The molecule has 0 saturated heterocycles. The van der Waals surface area contributed by atoms with Crippen molar-refractivity contribution in [2.24, 2.45) is 0 Å². The monoisotopic (exact) mass is 292 g/mol. The maximum Gasteiger partial charge on any atom is 0.523 e. The van der Waals surface area contributed by atoms with Crippen LogP contribution >= 0.6 is 0 Å². The topological polar surface area (TPSA) is 69.7 Å². The van der Waals surface area contributed by atoms with Gasteiger partial charge < -0.3 is 4.74 Å². The van der Waals surface area contributed by atoms with Gasteiger partial charge in [-0.2, -0.15) is 21.6 Å². The summed E-state index contributed by atoms with van der Waals surface area (Å²) in [6.07, 6.45) is -1.51. The first-order valence-corrected chi connectivity index (χ1v) is 6.70. The fourth-order valence-corrected chi connectivity index (χ4v) is 1.78. The zero-order valence-corrected chi connectivity index (χ0v) is 10.8. The standard InChI is InChI=1S/C9H15F3O5S/c1-3-5-7(6-8(13)16-4-2)17-18(14,15)9(10,11)12/h7H,3-6H2,1-2H3. The maximum absolute atomic E-state index is 12.1. The van der Waals surface area contributed by atoms with Crippen molar-refractivity contribution in [3.8, 4) is 0 Å². The van der Waals surface area contributed by atoms with Crippen LogP contribution in [0.15, 0.2) is 0 Å². The van der Waals surface area contributed by atoms with Crippen LogP contribution in [0, 0.1) is 0 Å². The molecule has 9 heteroatoms. The van der Waals surface area contributed by atoms with Crippen LogP contribution in [0.25, 0.3) is 0 Å². The van der Waals surface area contributed by atoms with Gasteiger partial charge in [0.05, 0.1) is 19.1 Å². The Morgan fingerprint density at radius 2 is 1.83 bits per heavy atom. The van der Waals surface area contributed by atoms with Crippen molar-refractivity contribution in [3.63, 3.8) is 0 Å². The van der Waals surface area contributed by atoms with E-state index >= 15 is 0 Å². The van der Waals surface area contributed by atoms with Crippen molar-refractivity contribution < 1.29 is 35.3 Å². The Morgan fingerprint density at radius 1 is 1.28 bits per heavy atom. The van der Waals surface area contributed by atoms with E-state index in [0.717, 1.165) is 0 Å². The number of alkyl halides is 3. The van der Waals surface area contributed by atoms with E-state index in [4.69, 9.17) is 0 Å². The molecule has 0 aliphatic rings. The number of hydrogen-bond acceptors (Lipinski definition) is 5. The van der Waals surface area contributed by atoms with Gasteiger partial charge in [0.2, 0.25) is 0 Å². The van der Waals surface area contributed by atoms with Crippen LogP contribution in [-0.4, -0.2) is 32.6 Å². The SMILES string of the molecule is CCCC(CC(=O)OCC)OS(=O)(=O)C(F)(F)F. The van der Waals surface area contributed by atoms with Crippen LogP contribution in [0.2, 0.25) is 0 Å². The Bertz CT molecular complexity index is 363. The average molecular weight is 292 g/mol. The largest absolute Gasteiger partial charge is 0.523 e. The molecule has 0 aliphatic carbocycles. The third-order valence-corrected chi connectivity index (χ3v) is 2.95. The Labute approximate surface area is 103 Å². The summed E-state index contributed by atoms with van der Waals surface area (Å²) >= 11 is 0. The van der Waals surface area contributed by atoms with E-state index in [-0.39, 0.29) is 13.0 Å². The van der Waals surface area contributed by atoms with Crippen molar-refractivity contribution in [1.82, 2.24) is 0 Å². The molecule has 0 heterocycles. The second-order valence-electron chi connectivity index (χ2n) is 3.42. The van der Waals surface area contributed by atoms with Gasteiger partial charge in [0.1, 0.15) is 0 Å². The predicted octanol–water partition coefficient (Wildman–Crippen LogP) is 1.97. The lowest BCUT2D eigenvalue weighted by molar-refractivity contribution is -0.145. The number of carbonyl (C=O) groups excluding carboxylic acids is 1. The van der Waals surface area contributed by atoms with E-state index in [1.54, 1.807) is 6.92 Å². The molecule has 108 valence electrons. The zero-order chi connectivity index (χ0) is 14.4. The van der Waals surface area contributed by atoms with Crippen LogP contribution in [0.4, 0.5) is 13.2 Å². The Kier molecular flexibility index (Phi) is 6.61. The fraction of sp³-hybridized carbons (Fsp3) is 0.889. The molecule has 0 N–H and O–H groups in total. The van der Waals surface area contributed by atoms with Gasteiger partial charge in [-0.1, -0.05) is 13.3 Å². The highest BCUT2D eigenvalue weighted by Gasteiger charge is 2.48. The van der Waals surface area contributed by atoms with Gasteiger partial charge >= 0.3 is 21.6 Å². The third kappa shape index (κ3) is 5.67. The molecule has 0 spiro atoms. The van der Waals surface area contributed by atoms with Crippen LogP contribution in [0.5, 0.6) is 0 Å². The minimum absolute atomic E-state index is 0.00806. The lowest BCUT2D eigenvalue weighted by Gasteiger charge is -2.17. The first kappa shape index (κ1) is 17.2. The Balaban J connectivity index is 4.68. The minimum atomic E-state index is -5.69. The number of rotatable bonds is 7. The van der Waals surface area contributed by atoms with Gasteiger partial charge in [-0.05, 0) is 13.3 Å². The smallest absolute Gasteiger partial charge is 0.466 e. The van der Waals surface area contributed by atoms with E-state index < -0.39 is 34.1 Å². The highest BCUT2D eigenvalue weighted by molar-refractivity contribution is 7.87. The Hall–Kier alpha value is -0.830. The number of carbonyl (C=O) groups is 1. The van der Waals surface area contributed by atoms with Gasteiger partial charge in [0.15, 0.2) is 0 Å². The van der Waals surface area contributed by atoms with Gasteiger partial charge in [0.25, 0.3) is 0 Å².